The van der Waals surface area contributed by atoms with E-state index in [2.05, 4.69) is 57.2 Å². The summed E-state index contributed by atoms with van der Waals surface area (Å²) in [4.78, 5) is 30.1. The Morgan fingerprint density at radius 3 is 2.14 bits per heavy atom. The molecule has 6 nitrogen and oxygen atoms in total. The van der Waals surface area contributed by atoms with E-state index in [9.17, 15) is 9.59 Å². The normalized spacial score (nSPS) is 16.2. The number of carboxylic acids is 1. The number of nitrogens with zero attached hydrogens (tertiary/aromatic N) is 1. The summed E-state index contributed by atoms with van der Waals surface area (Å²) in [6, 6.07) is 12.3. The molecule has 0 bridgehead atoms. The third kappa shape index (κ3) is 6.74. The van der Waals surface area contributed by atoms with Crippen molar-refractivity contribution in [3.8, 4) is 0 Å². The molecule has 2 N–H and O–H groups in total. The third-order valence-corrected chi connectivity index (χ3v) is 7.23. The van der Waals surface area contributed by atoms with Crippen LogP contribution in [-0.2, 0) is 20.5 Å². The monoisotopic (exact) mass is 492 g/mol. The maximum atomic E-state index is 13.4. The van der Waals surface area contributed by atoms with Crippen molar-refractivity contribution in [1.29, 1.82) is 0 Å². The molecule has 3 rings (SSSR count). The molecule has 0 saturated heterocycles. The van der Waals surface area contributed by atoms with Gasteiger partial charge in [0.2, 0.25) is 0 Å². The fraction of sp³-hybridized carbons (Fsp3) is 0.500. The van der Waals surface area contributed by atoms with E-state index in [-0.39, 0.29) is 22.1 Å². The molecule has 0 radical (unpaired) electrons. The van der Waals surface area contributed by atoms with E-state index in [0.717, 1.165) is 25.7 Å². The number of fused-ring (bicyclic) bond motifs is 1. The van der Waals surface area contributed by atoms with Gasteiger partial charge in [0.25, 0.3) is 5.91 Å². The Kier molecular flexibility index (Phi) is 8.93. The van der Waals surface area contributed by atoms with Crippen molar-refractivity contribution in [2.45, 2.75) is 90.4 Å². The van der Waals surface area contributed by atoms with Crippen molar-refractivity contribution in [2.24, 2.45) is 5.16 Å². The fourth-order valence-electron chi connectivity index (χ4n) is 4.73. The maximum Gasteiger partial charge on any atom is 0.335 e. The van der Waals surface area contributed by atoms with Gasteiger partial charge in [-0.05, 0) is 78.0 Å². The number of carbonyl (C=O) groups excluding carboxylic acids is 1. The molecule has 0 unspecified atom stereocenters. The molecule has 194 valence electrons. The molecule has 0 atom stereocenters. The summed E-state index contributed by atoms with van der Waals surface area (Å²) >= 11 is 0. The number of rotatable bonds is 11. The minimum Gasteiger partial charge on any atom is -0.478 e. The summed E-state index contributed by atoms with van der Waals surface area (Å²) in [7, 11) is 0. The number of benzene rings is 2. The van der Waals surface area contributed by atoms with Crippen LogP contribution in [0.5, 0.6) is 0 Å². The molecule has 1 aliphatic carbocycles. The smallest absolute Gasteiger partial charge is 0.335 e. The maximum absolute atomic E-state index is 13.4. The number of oxime groups is 1. The summed E-state index contributed by atoms with van der Waals surface area (Å²) in [6.07, 6.45) is 7.70. The first kappa shape index (κ1) is 27.4. The largest absolute Gasteiger partial charge is 0.478 e. The topological polar surface area (TPSA) is 88.0 Å². The number of hydrogen-bond acceptors (Lipinski definition) is 4. The van der Waals surface area contributed by atoms with Crippen LogP contribution in [0.2, 0.25) is 0 Å². The molecule has 0 saturated carbocycles. The van der Waals surface area contributed by atoms with Crippen LogP contribution in [0.4, 0.5) is 5.69 Å². The SMILES string of the molecule is CCCCCCCON=C(C(=O)Nc1ccc(C(=O)O)cc1)c1ccc2c(c1)C(C)(C)CCC2(C)C. The van der Waals surface area contributed by atoms with E-state index < -0.39 is 11.9 Å². The second kappa shape index (κ2) is 11.7. The summed E-state index contributed by atoms with van der Waals surface area (Å²) in [6.45, 7) is 11.7. The number of hydrogen-bond donors (Lipinski definition) is 2. The Labute approximate surface area is 215 Å². The lowest BCUT2D eigenvalue weighted by molar-refractivity contribution is -0.110. The molecule has 0 heterocycles. The molecule has 1 amide bonds. The number of nitrogens with one attached hydrogen (secondary N) is 1. The van der Waals surface area contributed by atoms with Gasteiger partial charge in [-0.2, -0.15) is 0 Å². The quantitative estimate of drug-likeness (QED) is 0.200. The van der Waals surface area contributed by atoms with Crippen molar-refractivity contribution in [2.75, 3.05) is 11.9 Å². The first-order valence-electron chi connectivity index (χ1n) is 13.1. The molecule has 2 aromatic carbocycles. The predicted octanol–water partition coefficient (Wildman–Crippen LogP) is 7.06. The van der Waals surface area contributed by atoms with Crippen LogP contribution in [-0.4, -0.2) is 29.3 Å². The van der Waals surface area contributed by atoms with Crippen LogP contribution in [0, 0.1) is 0 Å². The van der Waals surface area contributed by atoms with Gasteiger partial charge >= 0.3 is 5.97 Å². The van der Waals surface area contributed by atoms with E-state index in [1.54, 1.807) is 12.1 Å². The standard InChI is InChI=1S/C30H40N2O4/c1-6-7-8-9-10-19-36-32-26(27(33)31-23-14-11-21(12-15-23)28(34)35)22-13-16-24-25(20-22)30(4,5)18-17-29(24,2)3/h11-16,20H,6-10,17-19H2,1-5H3,(H,31,33)(H,34,35). The number of anilines is 1. The zero-order valence-electron chi connectivity index (χ0n) is 22.3. The van der Waals surface area contributed by atoms with Crippen molar-refractivity contribution in [3.05, 3.63) is 64.7 Å². The second-order valence-electron chi connectivity index (χ2n) is 11.1. The minimum absolute atomic E-state index is 0.00471. The van der Waals surface area contributed by atoms with Crippen molar-refractivity contribution in [3.63, 3.8) is 0 Å². The highest BCUT2D eigenvalue weighted by Crippen LogP contribution is 2.46. The van der Waals surface area contributed by atoms with Gasteiger partial charge in [0.15, 0.2) is 5.71 Å². The highest BCUT2D eigenvalue weighted by molar-refractivity contribution is 6.48. The van der Waals surface area contributed by atoms with Crippen LogP contribution < -0.4 is 5.32 Å². The molecular weight excluding hydrogens is 452 g/mol. The van der Waals surface area contributed by atoms with E-state index in [1.165, 1.54) is 42.5 Å². The van der Waals surface area contributed by atoms with Crippen LogP contribution in [0.3, 0.4) is 0 Å². The Balaban J connectivity index is 1.88. The predicted molar refractivity (Wildman–Crippen MR) is 145 cm³/mol. The minimum atomic E-state index is -1.01. The van der Waals surface area contributed by atoms with Crippen LogP contribution in [0.25, 0.3) is 0 Å². The molecule has 0 spiro atoms. The van der Waals surface area contributed by atoms with Gasteiger partial charge in [-0.1, -0.05) is 71.2 Å². The second-order valence-corrected chi connectivity index (χ2v) is 11.1. The molecule has 1 aliphatic rings. The number of amides is 1. The fourth-order valence-corrected chi connectivity index (χ4v) is 4.73. The zero-order chi connectivity index (χ0) is 26.3. The molecule has 0 aliphatic heterocycles. The van der Waals surface area contributed by atoms with Crippen molar-refractivity contribution < 1.29 is 19.5 Å². The summed E-state index contributed by atoms with van der Waals surface area (Å²) in [5.74, 6) is -1.40. The van der Waals surface area contributed by atoms with Crippen molar-refractivity contribution in [1.82, 2.24) is 0 Å². The first-order valence-corrected chi connectivity index (χ1v) is 13.1. The molecule has 0 fully saturated rings. The van der Waals surface area contributed by atoms with Gasteiger partial charge in [0, 0.05) is 11.3 Å². The first-order chi connectivity index (χ1) is 17.0. The van der Waals surface area contributed by atoms with Gasteiger partial charge < -0.3 is 15.3 Å². The zero-order valence-corrected chi connectivity index (χ0v) is 22.3. The third-order valence-electron chi connectivity index (χ3n) is 7.23. The highest BCUT2D eigenvalue weighted by atomic mass is 16.6. The Morgan fingerprint density at radius 2 is 1.50 bits per heavy atom. The number of unbranched alkanes of at least 4 members (excludes halogenated alkanes) is 4. The van der Waals surface area contributed by atoms with Gasteiger partial charge in [-0.3, -0.25) is 4.79 Å². The van der Waals surface area contributed by atoms with Gasteiger partial charge in [-0.25, -0.2) is 4.79 Å². The lowest BCUT2D eigenvalue weighted by Gasteiger charge is -2.42. The van der Waals surface area contributed by atoms with E-state index in [1.807, 2.05) is 6.07 Å². The molecule has 2 aromatic rings. The van der Waals surface area contributed by atoms with Gasteiger partial charge in [0.1, 0.15) is 6.61 Å². The van der Waals surface area contributed by atoms with Crippen molar-refractivity contribution >= 4 is 23.3 Å². The summed E-state index contributed by atoms with van der Waals surface area (Å²) in [5.41, 5.74) is 4.20. The number of aromatic carboxylic acids is 1. The Hall–Kier alpha value is -3.15. The highest BCUT2D eigenvalue weighted by Gasteiger charge is 2.37. The average molecular weight is 493 g/mol. The molecule has 36 heavy (non-hydrogen) atoms. The van der Waals surface area contributed by atoms with E-state index in [0.29, 0.717) is 17.9 Å². The lowest BCUT2D eigenvalue weighted by atomic mass is 9.63. The summed E-state index contributed by atoms with van der Waals surface area (Å²) < 4.78 is 0. The van der Waals surface area contributed by atoms with Crippen LogP contribution in [0.15, 0.2) is 47.6 Å². The van der Waals surface area contributed by atoms with E-state index >= 15 is 0 Å². The average Bonchev–Trinajstić information content (AvgIpc) is 2.84. The van der Waals surface area contributed by atoms with Gasteiger partial charge in [0.05, 0.1) is 5.56 Å². The summed E-state index contributed by atoms with van der Waals surface area (Å²) in [5, 5.41) is 16.3. The Bertz CT molecular complexity index is 1100. The molecule has 6 heteroatoms. The molecule has 0 aromatic heterocycles. The van der Waals surface area contributed by atoms with Gasteiger partial charge in [-0.15, -0.1) is 0 Å². The Morgan fingerprint density at radius 1 is 0.889 bits per heavy atom. The molecular formula is C30H40N2O4. The number of carbonyl (C=O) groups is 2. The van der Waals surface area contributed by atoms with Crippen LogP contribution >= 0.6 is 0 Å². The van der Waals surface area contributed by atoms with E-state index in [4.69, 9.17) is 9.94 Å². The van der Waals surface area contributed by atoms with Crippen LogP contribution in [0.1, 0.15) is 107 Å². The number of carboxylic acid groups (broad SMARTS) is 1. The lowest BCUT2D eigenvalue weighted by Crippen LogP contribution is -2.34.